The number of piperazine rings is 1. The van der Waals surface area contributed by atoms with E-state index in [0.29, 0.717) is 48.8 Å². The van der Waals surface area contributed by atoms with Crippen molar-refractivity contribution in [2.75, 3.05) is 39.3 Å². The summed E-state index contributed by atoms with van der Waals surface area (Å²) in [4.78, 5) is 54.9. The Morgan fingerprint density at radius 3 is 2.06 bits per heavy atom. The SMILES string of the molecule is O=C(CCN1C(=O)c2ccccc2C1=O)N1CCN(C(=O)[C@H]2COc3ccccc3O2)CC1. The quantitative estimate of drug-likeness (QED) is 0.651. The molecular formula is C24H23N3O6. The predicted octanol–water partition coefficient (Wildman–Crippen LogP) is 1.18. The smallest absolute Gasteiger partial charge is 0.267 e. The van der Waals surface area contributed by atoms with Crippen LogP contribution in [-0.4, -0.2) is 83.8 Å². The molecule has 2 aromatic rings. The highest BCUT2D eigenvalue weighted by atomic mass is 16.6. The van der Waals surface area contributed by atoms with Crippen LogP contribution in [-0.2, 0) is 9.59 Å². The second-order valence-electron chi connectivity index (χ2n) is 8.13. The van der Waals surface area contributed by atoms with E-state index in [2.05, 4.69) is 0 Å². The molecule has 0 aromatic heterocycles. The average Bonchev–Trinajstić information content (AvgIpc) is 3.11. The van der Waals surface area contributed by atoms with Gasteiger partial charge in [0.25, 0.3) is 17.7 Å². The number of carbonyl (C=O) groups is 4. The zero-order chi connectivity index (χ0) is 22.9. The lowest BCUT2D eigenvalue weighted by molar-refractivity contribution is -0.146. The van der Waals surface area contributed by atoms with Crippen molar-refractivity contribution in [2.45, 2.75) is 12.5 Å². The van der Waals surface area contributed by atoms with Crippen molar-refractivity contribution in [3.05, 3.63) is 59.7 Å². The molecule has 1 fully saturated rings. The molecule has 3 aliphatic rings. The van der Waals surface area contributed by atoms with Crippen LogP contribution in [0.5, 0.6) is 11.5 Å². The molecule has 3 heterocycles. The highest BCUT2D eigenvalue weighted by Crippen LogP contribution is 2.31. The summed E-state index contributed by atoms with van der Waals surface area (Å²) in [5.74, 6) is 0.122. The number of imide groups is 1. The maximum Gasteiger partial charge on any atom is 0.267 e. The van der Waals surface area contributed by atoms with E-state index < -0.39 is 6.10 Å². The lowest BCUT2D eigenvalue weighted by Gasteiger charge is -2.37. The Morgan fingerprint density at radius 2 is 1.39 bits per heavy atom. The number of hydrogen-bond donors (Lipinski definition) is 0. The summed E-state index contributed by atoms with van der Waals surface area (Å²) < 4.78 is 11.4. The minimum atomic E-state index is -0.712. The van der Waals surface area contributed by atoms with Crippen LogP contribution in [0.15, 0.2) is 48.5 Å². The van der Waals surface area contributed by atoms with E-state index in [1.165, 1.54) is 0 Å². The Bertz CT molecular complexity index is 1090. The van der Waals surface area contributed by atoms with Gasteiger partial charge in [-0.25, -0.2) is 0 Å². The highest BCUT2D eigenvalue weighted by Gasteiger charge is 2.36. The molecule has 1 atom stereocenters. The Morgan fingerprint density at radius 1 is 0.818 bits per heavy atom. The number of amides is 4. The number of carbonyl (C=O) groups excluding carboxylic acids is 4. The maximum atomic E-state index is 12.9. The number of ether oxygens (including phenoxy) is 2. The van der Waals surface area contributed by atoms with Crippen molar-refractivity contribution in [3.63, 3.8) is 0 Å². The molecule has 9 heteroatoms. The van der Waals surface area contributed by atoms with Gasteiger partial charge in [0.1, 0.15) is 6.61 Å². The Labute approximate surface area is 190 Å². The van der Waals surface area contributed by atoms with Crippen molar-refractivity contribution in [1.82, 2.24) is 14.7 Å². The van der Waals surface area contributed by atoms with Crippen LogP contribution < -0.4 is 9.47 Å². The van der Waals surface area contributed by atoms with Crippen LogP contribution in [0, 0.1) is 0 Å². The first-order valence-corrected chi connectivity index (χ1v) is 10.9. The minimum absolute atomic E-state index is 0.0387. The van der Waals surface area contributed by atoms with Crippen molar-refractivity contribution in [1.29, 1.82) is 0 Å². The van der Waals surface area contributed by atoms with E-state index in [-0.39, 0.29) is 43.2 Å². The van der Waals surface area contributed by atoms with Gasteiger partial charge in [0.15, 0.2) is 11.5 Å². The second-order valence-corrected chi connectivity index (χ2v) is 8.13. The summed E-state index contributed by atoms with van der Waals surface area (Å²) in [5, 5.41) is 0. The van der Waals surface area contributed by atoms with E-state index >= 15 is 0 Å². The highest BCUT2D eigenvalue weighted by molar-refractivity contribution is 6.21. The fourth-order valence-corrected chi connectivity index (χ4v) is 4.33. The summed E-state index contributed by atoms with van der Waals surface area (Å²) in [5.41, 5.74) is 0.747. The van der Waals surface area contributed by atoms with Gasteiger partial charge in [-0.15, -0.1) is 0 Å². The number of para-hydroxylation sites is 2. The van der Waals surface area contributed by atoms with Gasteiger partial charge in [-0.3, -0.25) is 24.1 Å². The normalized spacial score (nSPS) is 19.5. The van der Waals surface area contributed by atoms with Crippen LogP contribution in [0.25, 0.3) is 0 Å². The topological polar surface area (TPSA) is 96.5 Å². The van der Waals surface area contributed by atoms with Gasteiger partial charge >= 0.3 is 0 Å². The van der Waals surface area contributed by atoms with E-state index in [0.717, 1.165) is 4.90 Å². The lowest BCUT2D eigenvalue weighted by Crippen LogP contribution is -2.55. The number of fused-ring (bicyclic) bond motifs is 2. The zero-order valence-electron chi connectivity index (χ0n) is 17.9. The van der Waals surface area contributed by atoms with E-state index in [1.54, 1.807) is 46.2 Å². The summed E-state index contributed by atoms with van der Waals surface area (Å²) >= 11 is 0. The van der Waals surface area contributed by atoms with Crippen LogP contribution in [0.4, 0.5) is 0 Å². The van der Waals surface area contributed by atoms with Crippen LogP contribution in [0.3, 0.4) is 0 Å². The van der Waals surface area contributed by atoms with Crippen molar-refractivity contribution in [3.8, 4) is 11.5 Å². The van der Waals surface area contributed by atoms with Crippen molar-refractivity contribution in [2.24, 2.45) is 0 Å². The molecule has 170 valence electrons. The fourth-order valence-electron chi connectivity index (χ4n) is 4.33. The first kappa shape index (κ1) is 21.0. The van der Waals surface area contributed by atoms with Gasteiger partial charge in [-0.05, 0) is 24.3 Å². The van der Waals surface area contributed by atoms with Crippen molar-refractivity contribution >= 4 is 23.6 Å². The van der Waals surface area contributed by atoms with Crippen molar-refractivity contribution < 1.29 is 28.7 Å². The first-order chi connectivity index (χ1) is 16.0. The third-order valence-corrected chi connectivity index (χ3v) is 6.16. The molecule has 0 spiro atoms. The monoisotopic (exact) mass is 449 g/mol. The molecule has 33 heavy (non-hydrogen) atoms. The summed E-state index contributed by atoms with van der Waals surface area (Å²) in [6.07, 6.45) is -0.661. The van der Waals surface area contributed by atoms with Gasteiger partial charge in [0.2, 0.25) is 12.0 Å². The molecule has 4 amide bonds. The zero-order valence-corrected chi connectivity index (χ0v) is 17.9. The average molecular weight is 449 g/mol. The molecule has 2 aromatic carbocycles. The number of hydrogen-bond acceptors (Lipinski definition) is 6. The molecule has 3 aliphatic heterocycles. The molecule has 9 nitrogen and oxygen atoms in total. The van der Waals surface area contributed by atoms with Crippen LogP contribution in [0.2, 0.25) is 0 Å². The molecule has 0 radical (unpaired) electrons. The predicted molar refractivity (Wildman–Crippen MR) is 116 cm³/mol. The Hall–Kier alpha value is -3.88. The van der Waals surface area contributed by atoms with Gasteiger partial charge in [-0.1, -0.05) is 24.3 Å². The summed E-state index contributed by atoms with van der Waals surface area (Å²) in [6, 6.07) is 13.9. The number of benzene rings is 2. The van der Waals surface area contributed by atoms with Crippen LogP contribution >= 0.6 is 0 Å². The molecule has 0 bridgehead atoms. The van der Waals surface area contributed by atoms with Gasteiger partial charge in [0.05, 0.1) is 11.1 Å². The largest absolute Gasteiger partial charge is 0.485 e. The first-order valence-electron chi connectivity index (χ1n) is 10.9. The molecular weight excluding hydrogens is 426 g/mol. The summed E-state index contributed by atoms with van der Waals surface area (Å²) in [7, 11) is 0. The Balaban J connectivity index is 1.11. The number of rotatable bonds is 4. The molecule has 0 aliphatic carbocycles. The second kappa shape index (κ2) is 8.57. The van der Waals surface area contributed by atoms with E-state index in [4.69, 9.17) is 9.47 Å². The third-order valence-electron chi connectivity index (χ3n) is 6.16. The lowest BCUT2D eigenvalue weighted by atomic mass is 10.1. The van der Waals surface area contributed by atoms with Gasteiger partial charge < -0.3 is 19.3 Å². The maximum absolute atomic E-state index is 12.9. The molecule has 0 unspecified atom stereocenters. The fraction of sp³-hybridized carbons (Fsp3) is 0.333. The van der Waals surface area contributed by atoms with Gasteiger partial charge in [0, 0.05) is 39.1 Å². The Kier molecular flexibility index (Phi) is 5.45. The standard InChI is InChI=1S/C24H23N3O6/c28-21(9-10-27-22(29)16-5-1-2-6-17(16)23(27)30)25-11-13-26(14-12-25)24(31)20-15-32-18-7-3-4-8-19(18)33-20/h1-8,20H,9-15H2/t20-/m1/s1. The van der Waals surface area contributed by atoms with Gasteiger partial charge in [-0.2, -0.15) is 0 Å². The van der Waals surface area contributed by atoms with Crippen LogP contribution in [0.1, 0.15) is 27.1 Å². The molecule has 0 saturated carbocycles. The molecule has 0 N–H and O–H groups in total. The third kappa shape index (κ3) is 3.90. The minimum Gasteiger partial charge on any atom is -0.485 e. The van der Waals surface area contributed by atoms with E-state index in [9.17, 15) is 19.2 Å². The summed E-state index contributed by atoms with van der Waals surface area (Å²) in [6.45, 7) is 1.73. The number of nitrogens with zero attached hydrogens (tertiary/aromatic N) is 3. The van der Waals surface area contributed by atoms with E-state index in [1.807, 2.05) is 12.1 Å². The molecule has 5 rings (SSSR count). The molecule has 1 saturated heterocycles.